The van der Waals surface area contributed by atoms with E-state index in [2.05, 4.69) is 59.7 Å². The van der Waals surface area contributed by atoms with Crippen LogP contribution in [0.3, 0.4) is 0 Å². The number of aromatic hydroxyl groups is 1. The van der Waals surface area contributed by atoms with E-state index >= 15 is 0 Å². The number of carbonyl (C=O) groups excluding carboxylic acids is 7. The van der Waals surface area contributed by atoms with Gasteiger partial charge in [-0.15, -0.1) is 79.6 Å². The number of halogens is 1. The number of nitrogens with two attached hydrogens (primary N) is 1. The van der Waals surface area contributed by atoms with Crippen LogP contribution in [-0.2, 0) is 25.6 Å². The quantitative estimate of drug-likeness (QED) is 0.0373. The number of benzene rings is 2. The fourth-order valence-corrected chi connectivity index (χ4v) is 14.7. The number of fused-ring (bicyclic) bond motifs is 14. The van der Waals surface area contributed by atoms with Crippen LogP contribution in [0, 0.1) is 12.8 Å². The summed E-state index contributed by atoms with van der Waals surface area (Å²) in [5.74, 6) is -8.21. The van der Waals surface area contributed by atoms with Crippen LogP contribution in [0.1, 0.15) is 110 Å². The number of amides is 7. The van der Waals surface area contributed by atoms with E-state index in [0.717, 1.165) is 56.7 Å². The van der Waals surface area contributed by atoms with Crippen LogP contribution in [-0.4, -0.2) is 121 Å². The van der Waals surface area contributed by atoms with E-state index in [9.17, 15) is 53.7 Å². The molecule has 0 aliphatic carbocycles. The molecule has 1 aliphatic rings. The van der Waals surface area contributed by atoms with E-state index in [1.165, 1.54) is 40.4 Å². The first-order valence-corrected chi connectivity index (χ1v) is 33.0. The molecule has 0 saturated heterocycles. The highest BCUT2D eigenvalue weighted by Crippen LogP contribution is 2.40. The Balaban J connectivity index is 1.06. The summed E-state index contributed by atoms with van der Waals surface area (Å²) in [6.45, 7) is 10.0. The summed E-state index contributed by atoms with van der Waals surface area (Å²) in [6, 6.07) is 12.8. The number of aryl methyl sites for hydroxylation is 1. The molecule has 10 rings (SSSR count). The fraction of sp³-hybridized carbons (Fsp3) is 0.203. The predicted molar refractivity (Wildman–Crippen MR) is 345 cm³/mol. The topological polar surface area (TPSA) is 406 Å². The lowest BCUT2D eigenvalue weighted by Crippen LogP contribution is -2.50. The highest BCUT2D eigenvalue weighted by Gasteiger charge is 2.36. The number of phenols is 1. The molecule has 33 heteroatoms. The number of phenolic OH excluding ortho intramolecular Hbond substituents is 1. The van der Waals surface area contributed by atoms with Gasteiger partial charge in [0, 0.05) is 50.2 Å². The molecule has 9 aromatic rings. The first-order chi connectivity index (χ1) is 44.0. The molecule has 92 heavy (non-hydrogen) atoms. The maximum atomic E-state index is 14.9. The minimum atomic E-state index is -1.49. The molecule has 12 N–H and O–H groups in total. The van der Waals surface area contributed by atoms with Crippen LogP contribution in [0.4, 0.5) is 0 Å². The number of carbonyl (C=O) groups is 8. The third-order valence-corrected chi connectivity index (χ3v) is 20.0. The zero-order chi connectivity index (χ0) is 65.7. The Hall–Kier alpha value is -9.38. The smallest absolute Gasteiger partial charge is 0.351 e. The van der Waals surface area contributed by atoms with Gasteiger partial charge in [0.05, 0.1) is 42.2 Å². The monoisotopic (exact) mass is 1370 g/mol. The molecule has 0 radical (unpaired) electrons. The van der Waals surface area contributed by atoms with Gasteiger partial charge >= 0.3 is 5.97 Å². The summed E-state index contributed by atoms with van der Waals surface area (Å²) in [5, 5.41) is 65.9. The van der Waals surface area contributed by atoms with Crippen LogP contribution in [0.5, 0.6) is 5.75 Å². The Morgan fingerprint density at radius 2 is 1.35 bits per heavy atom. The van der Waals surface area contributed by atoms with Crippen LogP contribution in [0.25, 0.3) is 43.4 Å². The highest BCUT2D eigenvalue weighted by atomic mass is 35.5. The molecule has 7 unspecified atom stereocenters. The molecule has 10 bridgehead atoms. The van der Waals surface area contributed by atoms with Crippen molar-refractivity contribution in [2.45, 2.75) is 63.1 Å². The maximum absolute atomic E-state index is 14.9. The van der Waals surface area contributed by atoms with Gasteiger partial charge in [0.1, 0.15) is 98.7 Å². The molecule has 7 aromatic heterocycles. The lowest BCUT2D eigenvalue weighted by molar-refractivity contribution is -0.134. The lowest BCUT2D eigenvalue weighted by atomic mass is 9.96. The van der Waals surface area contributed by atoms with E-state index in [1.54, 1.807) is 79.2 Å². The van der Waals surface area contributed by atoms with Crippen molar-refractivity contribution in [3.8, 4) is 49.1 Å². The molecule has 7 amide bonds. The number of hydrogen-bond acceptors (Lipinski definition) is 24. The van der Waals surface area contributed by atoms with Gasteiger partial charge in [-0.05, 0) is 42.3 Å². The number of carboxylic acids is 1. The molecule has 0 fully saturated rings. The van der Waals surface area contributed by atoms with Gasteiger partial charge in [0.15, 0.2) is 0 Å². The first kappa shape index (κ1) is 65.6. The van der Waals surface area contributed by atoms with Gasteiger partial charge in [-0.1, -0.05) is 62.5 Å². The van der Waals surface area contributed by atoms with Crippen LogP contribution in [0.2, 0.25) is 0 Å². The second-order valence-electron chi connectivity index (χ2n) is 20.4. The lowest BCUT2D eigenvalue weighted by Gasteiger charge is -2.28. The number of nitrogens with one attached hydrogen (secondary N) is 6. The van der Waals surface area contributed by atoms with Gasteiger partial charge < -0.3 is 58.1 Å². The number of primary amides is 1. The van der Waals surface area contributed by atoms with Crippen molar-refractivity contribution in [3.05, 3.63) is 172 Å². The minimum absolute atomic E-state index is 0.0411. The third-order valence-electron chi connectivity index (χ3n) is 14.0. The summed E-state index contributed by atoms with van der Waals surface area (Å²) < 4.78 is 0. The van der Waals surface area contributed by atoms with Crippen molar-refractivity contribution in [2.24, 2.45) is 11.7 Å². The zero-order valence-corrected chi connectivity index (χ0v) is 53.6. The third kappa shape index (κ3) is 15.0. The summed E-state index contributed by atoms with van der Waals surface area (Å²) >= 11 is 12.5. The van der Waals surface area contributed by atoms with Crippen LogP contribution >= 0.6 is 79.6 Å². The molecule has 472 valence electrons. The van der Waals surface area contributed by atoms with Crippen molar-refractivity contribution in [3.63, 3.8) is 0 Å². The summed E-state index contributed by atoms with van der Waals surface area (Å²) in [5.41, 5.74) is 6.58. The second-order valence-corrected chi connectivity index (χ2v) is 26.5. The van der Waals surface area contributed by atoms with E-state index in [0.29, 0.717) is 43.0 Å². The standard InChI is InChI=1S/C59H51ClN14O12S6/c1-24(39(76)18-60)42-57-71-38(23-90-57)55-68-35(20-87-55)44-31(14-15-32(65-44)54-69-36(21-88-54)49(81)63-25(2)47(79)64-26(3)59(85)86)53-62-19-40(92-53)51(83)67-34(17-41(61)77)56-74-43(27(4)91-56)52(84)73-45(46(78)29-8-6-5-7-9-29)58-70-37(22-89-58)50(82)66-33(48(80)72-42)16-28-10-12-30(75)13-11-28/h5-15,19-24,33-34,39,42,45-46,75-76,78H,2-3,16-18H2,1,4H3,(H2,61,77)(H,63,81)(H,64,79)(H,66,82)(H,67,83)(H,72,80)(H,73,84)(H,85,86). The number of aromatic nitrogens is 7. The van der Waals surface area contributed by atoms with Crippen LogP contribution in [0.15, 0.2) is 119 Å². The molecule has 0 spiro atoms. The second kappa shape index (κ2) is 28.4. The number of hydrogen-bond donors (Lipinski definition) is 11. The SMILES string of the molecule is C=C(NC(=O)C(=C)NC(=O)c1csc(-c2ccc3c(n2)-c2csc(n2)-c2csc(n2)C(C(C)C(O)CCl)NC(=O)C(Cc2ccc(O)cc2)NC(=O)c2csc(n2)C(C(O)c2ccccc2)NC(=O)c2nc(sc2C)C(CC(N)=O)NC(=O)c2cnc-3s2)n1)C(=O)O. The van der Waals surface area contributed by atoms with Gasteiger partial charge in [0.25, 0.3) is 29.5 Å². The Labute approximate surface area is 550 Å². The normalized spacial score (nSPS) is 17.1. The Bertz CT molecular complexity index is 4350. The van der Waals surface area contributed by atoms with Crippen molar-refractivity contribution in [1.82, 2.24) is 66.8 Å². The average molecular weight is 1380 g/mol. The molecule has 7 atom stereocenters. The minimum Gasteiger partial charge on any atom is -0.508 e. The molecular weight excluding hydrogens is 1320 g/mol. The number of aliphatic hydroxyl groups is 2. The Kier molecular flexibility index (Phi) is 20.3. The summed E-state index contributed by atoms with van der Waals surface area (Å²) in [7, 11) is 0. The fourth-order valence-electron chi connectivity index (χ4n) is 9.11. The van der Waals surface area contributed by atoms with Crippen molar-refractivity contribution in [2.75, 3.05) is 5.88 Å². The molecule has 1 aliphatic heterocycles. The number of nitrogens with zero attached hydrogens (tertiary/aromatic N) is 7. The van der Waals surface area contributed by atoms with Gasteiger partial charge in [-0.3, -0.25) is 33.6 Å². The van der Waals surface area contributed by atoms with Crippen molar-refractivity contribution < 1.29 is 58.8 Å². The predicted octanol–water partition coefficient (Wildman–Crippen LogP) is 6.76. The van der Waals surface area contributed by atoms with Gasteiger partial charge in [0.2, 0.25) is 11.8 Å². The van der Waals surface area contributed by atoms with Crippen LogP contribution < -0.4 is 37.6 Å². The molecule has 0 saturated carbocycles. The van der Waals surface area contributed by atoms with Crippen molar-refractivity contribution >= 4 is 127 Å². The Morgan fingerprint density at radius 1 is 0.674 bits per heavy atom. The zero-order valence-electron chi connectivity index (χ0n) is 47.9. The Morgan fingerprint density at radius 3 is 2.07 bits per heavy atom. The number of carboxylic acid groups (broad SMARTS) is 1. The largest absolute Gasteiger partial charge is 0.508 e. The average Bonchev–Trinajstić information content (AvgIpc) is 1.61. The van der Waals surface area contributed by atoms with E-state index in [-0.39, 0.29) is 71.4 Å². The molecular formula is C59H51ClN14O12S6. The number of thiazole rings is 6. The maximum Gasteiger partial charge on any atom is 0.351 e. The first-order valence-electron chi connectivity index (χ1n) is 27.3. The van der Waals surface area contributed by atoms with E-state index in [1.807, 2.05) is 5.32 Å². The number of pyridine rings is 1. The molecule has 8 heterocycles. The van der Waals surface area contributed by atoms with Gasteiger partial charge in [-0.25, -0.2) is 39.7 Å². The number of alkyl halides is 1. The van der Waals surface area contributed by atoms with Crippen molar-refractivity contribution in [1.29, 1.82) is 0 Å². The summed E-state index contributed by atoms with van der Waals surface area (Å²) in [4.78, 5) is 141. The molecule has 2 aromatic carbocycles. The number of rotatable bonds is 15. The number of aliphatic hydroxyl groups excluding tert-OH is 2. The van der Waals surface area contributed by atoms with E-state index < -0.39 is 107 Å². The van der Waals surface area contributed by atoms with Gasteiger partial charge in [-0.2, -0.15) is 0 Å². The molecule has 26 nitrogen and oxygen atoms in total. The number of aliphatic carboxylic acids is 1. The summed E-state index contributed by atoms with van der Waals surface area (Å²) in [6.07, 6.45) is -1.84. The highest BCUT2D eigenvalue weighted by molar-refractivity contribution is 7.17. The van der Waals surface area contributed by atoms with E-state index in [4.69, 9.17) is 37.4 Å².